The van der Waals surface area contributed by atoms with E-state index in [9.17, 15) is 14.9 Å². The number of carbonyl (C=O) groups is 2. The van der Waals surface area contributed by atoms with Crippen molar-refractivity contribution in [3.8, 4) is 17.2 Å². The maximum atomic E-state index is 13.3. The molecule has 0 amide bonds. The fraction of sp³-hybridized carbons (Fsp3) is 0.207. The maximum absolute atomic E-state index is 13.3. The highest BCUT2D eigenvalue weighted by Crippen LogP contribution is 2.47. The topological polar surface area (TPSA) is 88.4 Å². The Labute approximate surface area is 204 Å². The van der Waals surface area contributed by atoms with Crippen molar-refractivity contribution < 1.29 is 19.1 Å². The van der Waals surface area contributed by atoms with Crippen LogP contribution in [0.5, 0.6) is 0 Å². The van der Waals surface area contributed by atoms with Crippen molar-refractivity contribution in [3.05, 3.63) is 82.4 Å². The van der Waals surface area contributed by atoms with Gasteiger partial charge in [0.25, 0.3) is 0 Å². The molecule has 2 aromatic rings. The van der Waals surface area contributed by atoms with Crippen LogP contribution in [0.2, 0.25) is 0 Å². The van der Waals surface area contributed by atoms with Crippen LogP contribution in [0.1, 0.15) is 51.3 Å². The number of benzene rings is 2. The Morgan fingerprint density at radius 2 is 1.43 bits per heavy atom. The number of nitriles is 1. The number of anilines is 2. The fourth-order valence-electron chi connectivity index (χ4n) is 4.47. The van der Waals surface area contributed by atoms with Gasteiger partial charge in [-0.1, -0.05) is 48.0 Å². The van der Waals surface area contributed by atoms with Crippen molar-refractivity contribution >= 4 is 34.1 Å². The highest BCUT2D eigenvalue weighted by atomic mass is 16.5. The van der Waals surface area contributed by atoms with E-state index in [1.807, 2.05) is 61.5 Å². The summed E-state index contributed by atoms with van der Waals surface area (Å²) in [6.07, 6.45) is 0. The van der Waals surface area contributed by atoms with Gasteiger partial charge in [-0.05, 0) is 56.3 Å². The first-order valence-electron chi connectivity index (χ1n) is 11.5. The lowest BCUT2D eigenvalue weighted by Gasteiger charge is -2.19. The van der Waals surface area contributed by atoms with E-state index in [-0.39, 0.29) is 24.3 Å². The summed E-state index contributed by atoms with van der Waals surface area (Å²) in [6, 6.07) is 19.4. The van der Waals surface area contributed by atoms with Crippen molar-refractivity contribution in [2.45, 2.75) is 27.7 Å². The summed E-state index contributed by atoms with van der Waals surface area (Å²) in [5, 5.41) is 14.9. The van der Waals surface area contributed by atoms with Crippen LogP contribution < -0.4 is 5.32 Å². The molecule has 2 aliphatic rings. The van der Waals surface area contributed by atoms with E-state index in [0.29, 0.717) is 27.9 Å². The number of carbonyl (C=O) groups excluding carboxylic acids is 2. The third-order valence-electron chi connectivity index (χ3n) is 5.97. The number of nitrogens with one attached hydrogen (secondary N) is 1. The van der Waals surface area contributed by atoms with Gasteiger partial charge in [0.05, 0.1) is 35.6 Å². The first-order valence-corrected chi connectivity index (χ1v) is 11.5. The molecule has 1 N–H and O–H groups in total. The van der Waals surface area contributed by atoms with Crippen LogP contribution in [-0.4, -0.2) is 25.2 Å². The summed E-state index contributed by atoms with van der Waals surface area (Å²) in [5.41, 5.74) is 4.87. The van der Waals surface area contributed by atoms with Gasteiger partial charge in [0.2, 0.25) is 0 Å². The maximum Gasteiger partial charge on any atom is 0.341 e. The molecule has 0 spiro atoms. The van der Waals surface area contributed by atoms with Crippen LogP contribution in [0.4, 0.5) is 11.4 Å². The molecule has 4 rings (SSSR count). The summed E-state index contributed by atoms with van der Waals surface area (Å²) in [6.45, 7) is 7.46. The van der Waals surface area contributed by atoms with Gasteiger partial charge in [-0.15, -0.1) is 0 Å². The number of fused-ring (bicyclic) bond motifs is 3. The van der Waals surface area contributed by atoms with Crippen molar-refractivity contribution in [2.24, 2.45) is 0 Å². The summed E-state index contributed by atoms with van der Waals surface area (Å²) in [7, 11) is 0. The van der Waals surface area contributed by atoms with Gasteiger partial charge in [0, 0.05) is 16.6 Å². The van der Waals surface area contributed by atoms with Crippen molar-refractivity contribution in [1.29, 1.82) is 5.26 Å². The summed E-state index contributed by atoms with van der Waals surface area (Å²) < 4.78 is 10.8. The standard InChI is InChI=1S/C29H26N2O4/c1-5-34-28(32)24-18(4)23-21-11-9-7-8-10-20(21)22(16-30)25(23)27(26(24)29(33)35-6-2)31-19-14-12-17(3)13-15-19/h7-15,31H,5-6H2,1-4H3. The van der Waals surface area contributed by atoms with Crippen molar-refractivity contribution in [1.82, 2.24) is 0 Å². The minimum Gasteiger partial charge on any atom is -0.462 e. The molecular weight excluding hydrogens is 440 g/mol. The predicted octanol–water partition coefficient (Wildman–Crippen LogP) is 6.53. The van der Waals surface area contributed by atoms with E-state index in [0.717, 1.165) is 22.1 Å². The quantitative estimate of drug-likeness (QED) is 0.325. The van der Waals surface area contributed by atoms with Crippen LogP contribution in [0.15, 0.2) is 54.6 Å². The summed E-state index contributed by atoms with van der Waals surface area (Å²) in [4.78, 5) is 26.6. The normalized spacial score (nSPS) is 10.7. The molecule has 0 atom stereocenters. The van der Waals surface area contributed by atoms with Gasteiger partial charge in [-0.2, -0.15) is 5.26 Å². The molecule has 0 saturated carbocycles. The lowest BCUT2D eigenvalue weighted by atomic mass is 9.92. The fourth-order valence-corrected chi connectivity index (χ4v) is 4.47. The van der Waals surface area contributed by atoms with Crippen LogP contribution in [0, 0.1) is 25.2 Å². The first-order chi connectivity index (χ1) is 16.9. The Hall–Kier alpha value is -4.37. The Bertz CT molecular complexity index is 1450. The smallest absolute Gasteiger partial charge is 0.341 e. The highest BCUT2D eigenvalue weighted by Gasteiger charge is 2.33. The van der Waals surface area contributed by atoms with Gasteiger partial charge in [0.1, 0.15) is 6.07 Å². The Balaban J connectivity index is 2.22. The zero-order valence-electron chi connectivity index (χ0n) is 20.2. The van der Waals surface area contributed by atoms with Crippen LogP contribution in [0.3, 0.4) is 0 Å². The molecule has 6 heteroatoms. The summed E-state index contributed by atoms with van der Waals surface area (Å²) in [5.74, 6) is -1.27. The second-order valence-corrected chi connectivity index (χ2v) is 8.16. The number of hydrogen-bond acceptors (Lipinski definition) is 6. The molecule has 0 unspecified atom stereocenters. The predicted molar refractivity (Wildman–Crippen MR) is 136 cm³/mol. The van der Waals surface area contributed by atoms with E-state index < -0.39 is 11.9 Å². The van der Waals surface area contributed by atoms with Crippen molar-refractivity contribution in [2.75, 3.05) is 18.5 Å². The lowest BCUT2D eigenvalue weighted by molar-refractivity contribution is 0.0479. The van der Waals surface area contributed by atoms with Gasteiger partial charge in [-0.25, -0.2) is 9.59 Å². The first kappa shape index (κ1) is 23.8. The van der Waals surface area contributed by atoms with Crippen LogP contribution in [-0.2, 0) is 9.47 Å². The molecule has 2 aromatic carbocycles. The zero-order chi connectivity index (χ0) is 25.1. The van der Waals surface area contributed by atoms with E-state index in [1.54, 1.807) is 20.8 Å². The van der Waals surface area contributed by atoms with E-state index in [1.165, 1.54) is 0 Å². The second kappa shape index (κ2) is 9.86. The molecule has 6 nitrogen and oxygen atoms in total. The Morgan fingerprint density at radius 3 is 2.03 bits per heavy atom. The number of esters is 2. The van der Waals surface area contributed by atoms with Crippen molar-refractivity contribution in [3.63, 3.8) is 0 Å². The van der Waals surface area contributed by atoms with E-state index in [4.69, 9.17) is 9.47 Å². The molecule has 0 radical (unpaired) electrons. The average molecular weight is 467 g/mol. The average Bonchev–Trinajstić information content (AvgIpc) is 2.97. The molecule has 2 aliphatic carbocycles. The lowest BCUT2D eigenvalue weighted by Crippen LogP contribution is -2.18. The molecule has 0 fully saturated rings. The van der Waals surface area contributed by atoms with E-state index >= 15 is 0 Å². The largest absolute Gasteiger partial charge is 0.462 e. The molecule has 176 valence electrons. The number of ether oxygens (including phenoxy) is 2. The van der Waals surface area contributed by atoms with Gasteiger partial charge in [-0.3, -0.25) is 0 Å². The van der Waals surface area contributed by atoms with E-state index in [2.05, 4.69) is 11.4 Å². The monoisotopic (exact) mass is 466 g/mol. The molecule has 0 bridgehead atoms. The van der Waals surface area contributed by atoms with Crippen LogP contribution in [0.25, 0.3) is 21.9 Å². The zero-order valence-corrected chi connectivity index (χ0v) is 20.2. The molecular formula is C29H26N2O4. The second-order valence-electron chi connectivity index (χ2n) is 8.16. The third kappa shape index (κ3) is 4.17. The Kier molecular flexibility index (Phi) is 6.70. The third-order valence-corrected chi connectivity index (χ3v) is 5.97. The van der Waals surface area contributed by atoms with Gasteiger partial charge < -0.3 is 14.8 Å². The molecule has 0 heterocycles. The number of aryl methyl sites for hydroxylation is 2. The number of rotatable bonds is 6. The molecule has 35 heavy (non-hydrogen) atoms. The van der Waals surface area contributed by atoms with Crippen LogP contribution >= 0.6 is 0 Å². The number of nitrogens with zero attached hydrogens (tertiary/aromatic N) is 1. The minimum absolute atomic E-state index is 0.0621. The molecule has 0 saturated heterocycles. The SMILES string of the molecule is CCOC(=O)c1c(C(=O)OCC)c(Nc2ccc(C)cc2)c2c(C#N)c3cccccc-3c2c1C. The minimum atomic E-state index is -0.658. The molecule has 0 aromatic heterocycles. The number of hydrogen-bond donors (Lipinski definition) is 1. The highest BCUT2D eigenvalue weighted by molar-refractivity contribution is 6.23. The van der Waals surface area contributed by atoms with Gasteiger partial charge >= 0.3 is 11.9 Å². The summed E-state index contributed by atoms with van der Waals surface area (Å²) >= 11 is 0. The molecule has 0 aliphatic heterocycles. The van der Waals surface area contributed by atoms with Gasteiger partial charge in [0.15, 0.2) is 0 Å². The Morgan fingerprint density at radius 1 is 0.829 bits per heavy atom.